The highest BCUT2D eigenvalue weighted by molar-refractivity contribution is 7.84. The third-order valence-electron chi connectivity index (χ3n) is 3.76. The van der Waals surface area contributed by atoms with Gasteiger partial charge in [0.1, 0.15) is 5.76 Å². The maximum absolute atomic E-state index is 12.4. The van der Waals surface area contributed by atoms with Crippen LogP contribution in [-0.2, 0) is 23.0 Å². The number of hydrogen-bond acceptors (Lipinski definition) is 3. The van der Waals surface area contributed by atoms with Crippen LogP contribution in [-0.4, -0.2) is 16.7 Å². The van der Waals surface area contributed by atoms with Crippen LogP contribution in [0.2, 0.25) is 5.02 Å². The molecule has 2 aromatic carbocycles. The minimum Gasteiger partial charge on any atom is -0.455 e. The number of hydrogen-bond donors (Lipinski definition) is 1. The molecule has 0 aliphatic carbocycles. The Labute approximate surface area is 159 Å². The fourth-order valence-electron chi connectivity index (χ4n) is 2.45. The Morgan fingerprint density at radius 2 is 1.85 bits per heavy atom. The summed E-state index contributed by atoms with van der Waals surface area (Å²) in [5.41, 5.74) is 1.16. The van der Waals surface area contributed by atoms with Gasteiger partial charge in [0.05, 0.1) is 16.6 Å². The first-order valence-electron chi connectivity index (χ1n) is 8.16. The molecular formula is C20H18ClNO3S. The zero-order valence-corrected chi connectivity index (χ0v) is 15.6. The molecule has 0 spiro atoms. The summed E-state index contributed by atoms with van der Waals surface area (Å²) in [5.74, 6) is 0.630. The first kappa shape index (κ1) is 18.4. The van der Waals surface area contributed by atoms with Gasteiger partial charge in [-0.3, -0.25) is 9.00 Å². The number of nitrogens with one attached hydrogen (secondary N) is 1. The van der Waals surface area contributed by atoms with E-state index < -0.39 is 10.8 Å². The lowest BCUT2D eigenvalue weighted by molar-refractivity contribution is 0.0925. The van der Waals surface area contributed by atoms with E-state index in [0.717, 1.165) is 12.0 Å². The molecule has 1 amide bonds. The van der Waals surface area contributed by atoms with Crippen LogP contribution < -0.4 is 5.32 Å². The molecule has 0 fully saturated rings. The summed E-state index contributed by atoms with van der Waals surface area (Å²) < 4.78 is 17.9. The minimum absolute atomic E-state index is 0.192. The molecule has 134 valence electrons. The van der Waals surface area contributed by atoms with Crippen molar-refractivity contribution < 1.29 is 13.4 Å². The van der Waals surface area contributed by atoms with Crippen LogP contribution in [0.4, 0.5) is 0 Å². The van der Waals surface area contributed by atoms with Gasteiger partial charge in [-0.1, -0.05) is 48.0 Å². The monoisotopic (exact) mass is 387 g/mol. The van der Waals surface area contributed by atoms with Gasteiger partial charge in [0.25, 0.3) is 5.91 Å². The van der Waals surface area contributed by atoms with Crippen LogP contribution in [0.15, 0.2) is 76.0 Å². The topological polar surface area (TPSA) is 59.3 Å². The second kappa shape index (κ2) is 8.83. The Morgan fingerprint density at radius 1 is 1.04 bits per heavy atom. The SMILES string of the molecule is O=C(NCCc1ccccc1)c1ccc(C[S@@](=O)c2cccc(Cl)c2)o1. The summed E-state index contributed by atoms with van der Waals surface area (Å²) in [6.45, 7) is 0.521. The van der Waals surface area contributed by atoms with Crippen molar-refractivity contribution in [3.63, 3.8) is 0 Å². The van der Waals surface area contributed by atoms with Crippen LogP contribution >= 0.6 is 11.6 Å². The fraction of sp³-hybridized carbons (Fsp3) is 0.150. The summed E-state index contributed by atoms with van der Waals surface area (Å²) in [6.07, 6.45) is 0.749. The van der Waals surface area contributed by atoms with E-state index in [1.54, 1.807) is 36.4 Å². The van der Waals surface area contributed by atoms with E-state index >= 15 is 0 Å². The van der Waals surface area contributed by atoms with Crippen LogP contribution in [0, 0.1) is 0 Å². The number of furan rings is 1. The van der Waals surface area contributed by atoms with E-state index in [1.165, 1.54) is 0 Å². The zero-order chi connectivity index (χ0) is 18.4. The van der Waals surface area contributed by atoms with Crippen molar-refractivity contribution in [2.45, 2.75) is 17.1 Å². The molecule has 0 saturated heterocycles. The van der Waals surface area contributed by atoms with Crippen LogP contribution in [0.3, 0.4) is 0 Å². The molecule has 1 heterocycles. The van der Waals surface area contributed by atoms with Crippen molar-refractivity contribution >= 4 is 28.3 Å². The third-order valence-corrected chi connectivity index (χ3v) is 5.32. The van der Waals surface area contributed by atoms with Crippen molar-refractivity contribution in [2.24, 2.45) is 0 Å². The van der Waals surface area contributed by atoms with Gasteiger partial charge in [0, 0.05) is 16.5 Å². The van der Waals surface area contributed by atoms with Crippen molar-refractivity contribution in [1.29, 1.82) is 0 Å². The highest BCUT2D eigenvalue weighted by Gasteiger charge is 2.13. The summed E-state index contributed by atoms with van der Waals surface area (Å²) in [7, 11) is -1.28. The van der Waals surface area contributed by atoms with Gasteiger partial charge in [0.15, 0.2) is 5.76 Å². The standard InChI is InChI=1S/C20H18ClNO3S/c21-16-7-4-8-18(13-16)26(24)14-17-9-10-19(25-17)20(23)22-12-11-15-5-2-1-3-6-15/h1-10,13H,11-12,14H2,(H,22,23)/t26-/m1/s1. The lowest BCUT2D eigenvalue weighted by Gasteiger charge is -2.04. The van der Waals surface area contributed by atoms with Crippen molar-refractivity contribution in [3.8, 4) is 0 Å². The molecule has 0 aliphatic rings. The van der Waals surface area contributed by atoms with Crippen molar-refractivity contribution in [2.75, 3.05) is 6.54 Å². The van der Waals surface area contributed by atoms with E-state index in [4.69, 9.17) is 16.0 Å². The highest BCUT2D eigenvalue weighted by atomic mass is 35.5. The van der Waals surface area contributed by atoms with E-state index in [2.05, 4.69) is 5.32 Å². The van der Waals surface area contributed by atoms with Crippen LogP contribution in [0.5, 0.6) is 0 Å². The lowest BCUT2D eigenvalue weighted by Crippen LogP contribution is -2.25. The normalized spacial score (nSPS) is 11.9. The largest absolute Gasteiger partial charge is 0.455 e. The number of rotatable bonds is 7. The van der Waals surface area contributed by atoms with E-state index in [-0.39, 0.29) is 17.4 Å². The van der Waals surface area contributed by atoms with Crippen molar-refractivity contribution in [3.05, 3.63) is 88.8 Å². The second-order valence-electron chi connectivity index (χ2n) is 5.70. The minimum atomic E-state index is -1.28. The maximum atomic E-state index is 12.4. The molecule has 1 atom stereocenters. The first-order chi connectivity index (χ1) is 12.6. The lowest BCUT2D eigenvalue weighted by atomic mass is 10.1. The summed E-state index contributed by atoms with van der Waals surface area (Å²) in [4.78, 5) is 12.8. The molecule has 3 rings (SSSR count). The summed E-state index contributed by atoms with van der Waals surface area (Å²) in [6, 6.07) is 20.1. The van der Waals surface area contributed by atoms with Gasteiger partial charge in [-0.15, -0.1) is 0 Å². The van der Waals surface area contributed by atoms with E-state index in [9.17, 15) is 9.00 Å². The highest BCUT2D eigenvalue weighted by Crippen LogP contribution is 2.18. The number of carbonyl (C=O) groups excluding carboxylic acids is 1. The van der Waals surface area contributed by atoms with Gasteiger partial charge in [-0.2, -0.15) is 0 Å². The summed E-state index contributed by atoms with van der Waals surface area (Å²) >= 11 is 5.92. The van der Waals surface area contributed by atoms with Crippen molar-refractivity contribution in [1.82, 2.24) is 5.32 Å². The van der Waals surface area contributed by atoms with Gasteiger partial charge in [-0.25, -0.2) is 0 Å². The average molecular weight is 388 g/mol. The second-order valence-corrected chi connectivity index (χ2v) is 7.59. The molecule has 0 unspecified atom stereocenters. The van der Waals surface area contributed by atoms with Crippen LogP contribution in [0.25, 0.3) is 0 Å². The Hall–Kier alpha value is -2.37. The fourth-order valence-corrected chi connectivity index (χ4v) is 3.77. The molecule has 0 saturated carbocycles. The quantitative estimate of drug-likeness (QED) is 0.660. The van der Waals surface area contributed by atoms with Gasteiger partial charge < -0.3 is 9.73 Å². The molecule has 0 bridgehead atoms. The van der Waals surface area contributed by atoms with Gasteiger partial charge in [0.2, 0.25) is 0 Å². The predicted octanol–water partition coefficient (Wildman–Crippen LogP) is 4.21. The average Bonchev–Trinajstić information content (AvgIpc) is 3.11. The van der Waals surface area contributed by atoms with E-state index in [1.807, 2.05) is 30.3 Å². The molecular weight excluding hydrogens is 370 g/mol. The van der Waals surface area contributed by atoms with Gasteiger partial charge >= 0.3 is 0 Å². The molecule has 1 aromatic heterocycles. The molecule has 3 aromatic rings. The molecule has 0 aliphatic heterocycles. The Bertz CT molecular complexity index is 908. The Morgan fingerprint density at radius 3 is 2.62 bits per heavy atom. The summed E-state index contributed by atoms with van der Waals surface area (Å²) in [5, 5.41) is 3.36. The number of carbonyl (C=O) groups is 1. The number of benzene rings is 2. The Balaban J connectivity index is 1.53. The molecule has 1 N–H and O–H groups in total. The molecule has 26 heavy (non-hydrogen) atoms. The number of halogens is 1. The third kappa shape index (κ3) is 5.07. The molecule has 0 radical (unpaired) electrons. The van der Waals surface area contributed by atoms with E-state index in [0.29, 0.717) is 22.2 Å². The smallest absolute Gasteiger partial charge is 0.287 e. The molecule has 6 heteroatoms. The Kier molecular flexibility index (Phi) is 6.26. The first-order valence-corrected chi connectivity index (χ1v) is 9.86. The van der Waals surface area contributed by atoms with Gasteiger partial charge in [-0.05, 0) is 42.3 Å². The number of amides is 1. The maximum Gasteiger partial charge on any atom is 0.287 e. The zero-order valence-electron chi connectivity index (χ0n) is 14.0. The van der Waals surface area contributed by atoms with Crippen LogP contribution in [0.1, 0.15) is 21.9 Å². The molecule has 4 nitrogen and oxygen atoms in total. The predicted molar refractivity (Wildman–Crippen MR) is 103 cm³/mol.